The van der Waals surface area contributed by atoms with Crippen molar-refractivity contribution in [2.24, 2.45) is 0 Å². The Morgan fingerprint density at radius 3 is 2.72 bits per heavy atom. The van der Waals surface area contributed by atoms with Gasteiger partial charge in [-0.05, 0) is 17.8 Å². The van der Waals surface area contributed by atoms with E-state index >= 15 is 0 Å². The Kier molecular flexibility index (Phi) is 3.74. The standard InChI is InChI=1S/C13H12N2O2S/c16-11-9-12(17)15(13(18)14-11)8-4-7-10-5-2-1-3-6-10/h1-7,9,17H,8H2,(H,14,16,18). The van der Waals surface area contributed by atoms with Crippen molar-refractivity contribution in [3.8, 4) is 5.88 Å². The molecule has 18 heavy (non-hydrogen) atoms. The molecule has 0 aliphatic carbocycles. The van der Waals surface area contributed by atoms with Crippen LogP contribution in [-0.2, 0) is 6.54 Å². The third-order valence-corrected chi connectivity index (χ3v) is 2.73. The number of nitrogens with zero attached hydrogens (tertiary/aromatic N) is 1. The van der Waals surface area contributed by atoms with Crippen molar-refractivity contribution in [3.63, 3.8) is 0 Å². The van der Waals surface area contributed by atoms with Crippen molar-refractivity contribution < 1.29 is 5.11 Å². The molecule has 0 aliphatic rings. The highest BCUT2D eigenvalue weighted by molar-refractivity contribution is 7.71. The van der Waals surface area contributed by atoms with E-state index in [4.69, 9.17) is 12.2 Å². The first-order chi connectivity index (χ1) is 8.66. The molecule has 2 rings (SSSR count). The molecule has 0 aliphatic heterocycles. The second kappa shape index (κ2) is 5.46. The van der Waals surface area contributed by atoms with E-state index < -0.39 is 5.56 Å². The number of H-pyrrole nitrogens is 1. The van der Waals surface area contributed by atoms with Crippen LogP contribution in [0.25, 0.3) is 6.08 Å². The Morgan fingerprint density at radius 1 is 1.33 bits per heavy atom. The topological polar surface area (TPSA) is 58.0 Å². The number of aromatic amines is 1. The zero-order chi connectivity index (χ0) is 13.0. The molecule has 1 heterocycles. The summed E-state index contributed by atoms with van der Waals surface area (Å²) in [5.41, 5.74) is 0.661. The van der Waals surface area contributed by atoms with E-state index in [1.165, 1.54) is 4.57 Å². The zero-order valence-electron chi connectivity index (χ0n) is 9.54. The molecule has 4 nitrogen and oxygen atoms in total. The lowest BCUT2D eigenvalue weighted by atomic mass is 10.2. The third kappa shape index (κ3) is 2.95. The Balaban J connectivity index is 2.19. The average Bonchev–Trinajstić information content (AvgIpc) is 2.34. The molecule has 2 N–H and O–H groups in total. The number of aromatic nitrogens is 2. The van der Waals surface area contributed by atoms with Crippen molar-refractivity contribution >= 4 is 18.3 Å². The lowest BCUT2D eigenvalue weighted by Gasteiger charge is -2.05. The first kappa shape index (κ1) is 12.3. The Bertz CT molecular complexity index is 671. The quantitative estimate of drug-likeness (QED) is 0.833. The number of nitrogens with one attached hydrogen (secondary N) is 1. The van der Waals surface area contributed by atoms with Gasteiger partial charge in [-0.1, -0.05) is 42.5 Å². The van der Waals surface area contributed by atoms with Crippen molar-refractivity contribution in [2.75, 3.05) is 0 Å². The Hall–Kier alpha value is -2.14. The van der Waals surface area contributed by atoms with Gasteiger partial charge in [-0.15, -0.1) is 0 Å². The Morgan fingerprint density at radius 2 is 2.06 bits per heavy atom. The molecule has 2 aromatic rings. The van der Waals surface area contributed by atoms with Gasteiger partial charge < -0.3 is 5.11 Å². The van der Waals surface area contributed by atoms with Crippen LogP contribution in [-0.4, -0.2) is 14.7 Å². The van der Waals surface area contributed by atoms with Gasteiger partial charge in [-0.3, -0.25) is 14.3 Å². The van der Waals surface area contributed by atoms with E-state index in [1.807, 2.05) is 42.5 Å². The van der Waals surface area contributed by atoms with Gasteiger partial charge in [-0.25, -0.2) is 0 Å². The predicted molar refractivity (Wildman–Crippen MR) is 73.0 cm³/mol. The van der Waals surface area contributed by atoms with Crippen molar-refractivity contribution in [2.45, 2.75) is 6.54 Å². The smallest absolute Gasteiger partial charge is 0.255 e. The van der Waals surface area contributed by atoms with E-state index in [-0.39, 0.29) is 10.7 Å². The molecule has 1 aromatic heterocycles. The first-order valence-electron chi connectivity index (χ1n) is 5.41. The molecule has 0 bridgehead atoms. The first-order valence-corrected chi connectivity index (χ1v) is 5.82. The molecule has 0 fully saturated rings. The lowest BCUT2D eigenvalue weighted by Crippen LogP contribution is -2.11. The molecule has 0 amide bonds. The summed E-state index contributed by atoms with van der Waals surface area (Å²) in [5, 5.41) is 9.61. The molecule has 5 heteroatoms. The van der Waals surface area contributed by atoms with Crippen LogP contribution in [0.3, 0.4) is 0 Å². The van der Waals surface area contributed by atoms with Crippen LogP contribution in [0.1, 0.15) is 5.56 Å². The van der Waals surface area contributed by atoms with Crippen molar-refractivity contribution in [3.05, 3.63) is 63.2 Å². The average molecular weight is 260 g/mol. The summed E-state index contributed by atoms with van der Waals surface area (Å²) < 4.78 is 1.65. The van der Waals surface area contributed by atoms with Crippen LogP contribution in [0.15, 0.2) is 47.3 Å². The van der Waals surface area contributed by atoms with Crippen LogP contribution in [0, 0.1) is 4.77 Å². The maximum Gasteiger partial charge on any atom is 0.255 e. The van der Waals surface area contributed by atoms with Crippen LogP contribution in [0.4, 0.5) is 0 Å². The van der Waals surface area contributed by atoms with Crippen LogP contribution in [0.2, 0.25) is 0 Å². The molecule has 1 aromatic carbocycles. The van der Waals surface area contributed by atoms with Gasteiger partial charge >= 0.3 is 0 Å². The minimum atomic E-state index is -0.402. The highest BCUT2D eigenvalue weighted by atomic mass is 32.1. The summed E-state index contributed by atoms with van der Waals surface area (Å²) in [4.78, 5) is 13.5. The van der Waals surface area contributed by atoms with Gasteiger partial charge in [0.15, 0.2) is 10.7 Å². The fourth-order valence-corrected chi connectivity index (χ4v) is 1.81. The molecule has 0 unspecified atom stereocenters. The second-order valence-electron chi connectivity index (χ2n) is 3.72. The maximum atomic E-state index is 11.0. The highest BCUT2D eigenvalue weighted by Crippen LogP contribution is 2.07. The van der Waals surface area contributed by atoms with E-state index in [1.54, 1.807) is 0 Å². The molecule has 0 saturated heterocycles. The minimum absolute atomic E-state index is 0.138. The summed E-state index contributed by atoms with van der Waals surface area (Å²) in [6.45, 7) is 0.399. The summed E-state index contributed by atoms with van der Waals surface area (Å²) in [7, 11) is 0. The molecule has 92 valence electrons. The van der Waals surface area contributed by atoms with E-state index in [0.29, 0.717) is 6.54 Å². The van der Waals surface area contributed by atoms with Gasteiger partial charge in [0.1, 0.15) is 0 Å². The van der Waals surface area contributed by atoms with Crippen molar-refractivity contribution in [1.82, 2.24) is 9.55 Å². The SMILES string of the molecule is O=c1cc(O)n(CC=Cc2ccccc2)c(=S)[nH]1. The predicted octanol–water partition coefficient (Wildman–Crippen LogP) is 2.32. The number of allylic oxidation sites excluding steroid dienone is 1. The summed E-state index contributed by atoms with van der Waals surface area (Å²) >= 11 is 4.97. The number of hydrogen-bond acceptors (Lipinski definition) is 3. The van der Waals surface area contributed by atoms with Crippen molar-refractivity contribution in [1.29, 1.82) is 0 Å². The number of aromatic hydroxyl groups is 1. The highest BCUT2D eigenvalue weighted by Gasteiger charge is 1.99. The number of hydrogen-bond donors (Lipinski definition) is 2. The normalized spacial score (nSPS) is 10.9. The fraction of sp³-hybridized carbons (Fsp3) is 0.0769. The van der Waals surface area contributed by atoms with Gasteiger partial charge in [0.05, 0.1) is 6.07 Å². The molecule has 0 atom stereocenters. The van der Waals surface area contributed by atoms with Crippen LogP contribution < -0.4 is 5.56 Å². The molecule has 0 spiro atoms. The monoisotopic (exact) mass is 260 g/mol. The minimum Gasteiger partial charge on any atom is -0.494 e. The number of benzene rings is 1. The van der Waals surface area contributed by atoms with E-state index in [9.17, 15) is 9.90 Å². The van der Waals surface area contributed by atoms with Gasteiger partial charge in [0, 0.05) is 6.54 Å². The van der Waals surface area contributed by atoms with Crippen LogP contribution >= 0.6 is 12.2 Å². The fourth-order valence-electron chi connectivity index (χ4n) is 1.54. The molecule has 0 radical (unpaired) electrons. The summed E-state index contributed by atoms with van der Waals surface area (Å²) in [6, 6.07) is 10.9. The summed E-state index contributed by atoms with van der Waals surface area (Å²) in [6.07, 6.45) is 3.79. The molecular weight excluding hydrogens is 248 g/mol. The number of rotatable bonds is 3. The second-order valence-corrected chi connectivity index (χ2v) is 4.11. The zero-order valence-corrected chi connectivity index (χ0v) is 10.4. The molecular formula is C13H12N2O2S. The van der Waals surface area contributed by atoms with Crippen LogP contribution in [0.5, 0.6) is 5.88 Å². The largest absolute Gasteiger partial charge is 0.494 e. The Labute approximate surface area is 109 Å². The maximum absolute atomic E-state index is 11.0. The van der Waals surface area contributed by atoms with Gasteiger partial charge in [0.2, 0.25) is 0 Å². The third-order valence-electron chi connectivity index (χ3n) is 2.41. The lowest BCUT2D eigenvalue weighted by molar-refractivity contribution is 0.414. The van der Waals surface area contributed by atoms with Gasteiger partial charge in [0.25, 0.3) is 5.56 Å². The van der Waals surface area contributed by atoms with Gasteiger partial charge in [-0.2, -0.15) is 0 Å². The summed E-state index contributed by atoms with van der Waals surface area (Å²) in [5.74, 6) is -0.138. The van der Waals surface area contributed by atoms with E-state index in [0.717, 1.165) is 11.6 Å². The molecule has 0 saturated carbocycles. The van der Waals surface area contributed by atoms with E-state index in [2.05, 4.69) is 4.98 Å².